The quantitative estimate of drug-likeness (QED) is 0.739. The van der Waals surface area contributed by atoms with Crippen molar-refractivity contribution in [1.29, 1.82) is 0 Å². The Kier molecular flexibility index (Phi) is 6.98. The third-order valence-corrected chi connectivity index (χ3v) is 5.57. The lowest BCUT2D eigenvalue weighted by Crippen LogP contribution is -2.53. The number of hydrogen-bond donors (Lipinski definition) is 1. The first kappa shape index (κ1) is 21.7. The number of ketones is 1. The van der Waals surface area contributed by atoms with Gasteiger partial charge in [0, 0.05) is 24.6 Å². The second kappa shape index (κ2) is 9.65. The molecule has 1 saturated heterocycles. The van der Waals surface area contributed by atoms with Gasteiger partial charge in [0.05, 0.1) is 5.56 Å². The molecule has 0 aromatic heterocycles. The van der Waals surface area contributed by atoms with Gasteiger partial charge in [0.25, 0.3) is 5.91 Å². The molecule has 2 aromatic carbocycles. The highest BCUT2D eigenvalue weighted by Crippen LogP contribution is 2.23. The summed E-state index contributed by atoms with van der Waals surface area (Å²) in [7, 11) is 0. The number of likely N-dealkylation sites (tertiary alicyclic amines) is 1. The maximum Gasteiger partial charge on any atom is 0.254 e. The fourth-order valence-corrected chi connectivity index (χ4v) is 3.77. The molecule has 0 bridgehead atoms. The molecule has 1 N–H and O–H groups in total. The van der Waals surface area contributed by atoms with Gasteiger partial charge in [-0.2, -0.15) is 0 Å². The lowest BCUT2D eigenvalue weighted by molar-refractivity contribution is -0.135. The van der Waals surface area contributed by atoms with Gasteiger partial charge in [-0.3, -0.25) is 14.4 Å². The minimum atomic E-state index is -0.751. The van der Waals surface area contributed by atoms with E-state index in [0.29, 0.717) is 31.5 Å². The predicted molar refractivity (Wildman–Crippen MR) is 113 cm³/mol. The molecular formula is C24H27FN2O3. The van der Waals surface area contributed by atoms with Crippen molar-refractivity contribution in [3.63, 3.8) is 0 Å². The number of nitrogens with zero attached hydrogens (tertiary/aromatic N) is 1. The van der Waals surface area contributed by atoms with Crippen LogP contribution in [-0.2, 0) is 4.79 Å². The first-order chi connectivity index (χ1) is 14.4. The van der Waals surface area contributed by atoms with Gasteiger partial charge in [0.2, 0.25) is 5.91 Å². The highest BCUT2D eigenvalue weighted by molar-refractivity contribution is 5.99. The van der Waals surface area contributed by atoms with Crippen molar-refractivity contribution in [3.05, 3.63) is 71.5 Å². The monoisotopic (exact) mass is 410 g/mol. The van der Waals surface area contributed by atoms with Gasteiger partial charge in [-0.1, -0.05) is 56.3 Å². The zero-order valence-corrected chi connectivity index (χ0v) is 17.3. The van der Waals surface area contributed by atoms with E-state index in [2.05, 4.69) is 5.32 Å². The maximum atomic E-state index is 13.9. The Balaban J connectivity index is 1.62. The molecule has 1 aliphatic heterocycles. The third-order valence-electron chi connectivity index (χ3n) is 5.57. The van der Waals surface area contributed by atoms with Crippen molar-refractivity contribution in [2.45, 2.75) is 32.7 Å². The maximum absolute atomic E-state index is 13.9. The molecule has 158 valence electrons. The molecule has 0 aliphatic carbocycles. The van der Waals surface area contributed by atoms with Gasteiger partial charge < -0.3 is 10.2 Å². The summed E-state index contributed by atoms with van der Waals surface area (Å²) in [4.78, 5) is 39.9. The second-order valence-electron chi connectivity index (χ2n) is 8.00. The van der Waals surface area contributed by atoms with Crippen LogP contribution in [0.15, 0.2) is 54.6 Å². The summed E-state index contributed by atoms with van der Waals surface area (Å²) in [5.41, 5.74) is 0.614. The third kappa shape index (κ3) is 4.93. The van der Waals surface area contributed by atoms with Crippen LogP contribution in [0.4, 0.5) is 4.39 Å². The summed E-state index contributed by atoms with van der Waals surface area (Å²) in [5.74, 6) is -1.57. The summed E-state index contributed by atoms with van der Waals surface area (Å²) < 4.78 is 13.9. The molecule has 1 fully saturated rings. The SMILES string of the molecule is CC(C)C(NC(=O)c1ccccc1F)C(=O)N1CCC(C(=O)c2ccccc2)CC1. The Morgan fingerprint density at radius 3 is 2.17 bits per heavy atom. The van der Waals surface area contributed by atoms with Gasteiger partial charge in [0.15, 0.2) is 5.78 Å². The number of carbonyl (C=O) groups is 3. The molecule has 0 radical (unpaired) electrons. The van der Waals surface area contributed by atoms with Gasteiger partial charge >= 0.3 is 0 Å². The van der Waals surface area contributed by atoms with E-state index in [1.807, 2.05) is 44.2 Å². The van der Waals surface area contributed by atoms with E-state index in [4.69, 9.17) is 0 Å². The predicted octanol–water partition coefficient (Wildman–Crippen LogP) is 3.70. The largest absolute Gasteiger partial charge is 0.341 e. The average molecular weight is 410 g/mol. The number of nitrogens with one attached hydrogen (secondary N) is 1. The van der Waals surface area contributed by atoms with Gasteiger partial charge in [0.1, 0.15) is 11.9 Å². The molecule has 2 aromatic rings. The Labute approximate surface area is 176 Å². The number of rotatable bonds is 6. The summed E-state index contributed by atoms with van der Waals surface area (Å²) in [6.45, 7) is 4.60. The van der Waals surface area contributed by atoms with Gasteiger partial charge in [-0.15, -0.1) is 0 Å². The highest BCUT2D eigenvalue weighted by atomic mass is 19.1. The standard InChI is InChI=1S/C24H27FN2O3/c1-16(2)21(26-23(29)19-10-6-7-11-20(19)25)24(30)27-14-12-18(13-15-27)22(28)17-8-4-3-5-9-17/h3-11,16,18,21H,12-15H2,1-2H3,(H,26,29). The molecule has 5 nitrogen and oxygen atoms in total. The number of carbonyl (C=O) groups excluding carboxylic acids is 3. The van der Waals surface area contributed by atoms with E-state index in [0.717, 1.165) is 0 Å². The van der Waals surface area contributed by atoms with Gasteiger partial charge in [-0.25, -0.2) is 4.39 Å². The Hall–Kier alpha value is -3.02. The number of piperidine rings is 1. The molecular weight excluding hydrogens is 383 g/mol. The summed E-state index contributed by atoms with van der Waals surface area (Å²) in [6, 6.07) is 14.1. The zero-order valence-electron chi connectivity index (χ0n) is 17.3. The molecule has 1 unspecified atom stereocenters. The topological polar surface area (TPSA) is 66.5 Å². The molecule has 1 aliphatic rings. The highest BCUT2D eigenvalue weighted by Gasteiger charge is 2.33. The lowest BCUT2D eigenvalue weighted by atomic mass is 9.88. The normalized spacial score (nSPS) is 15.7. The first-order valence-corrected chi connectivity index (χ1v) is 10.3. The van der Waals surface area contributed by atoms with Crippen LogP contribution in [0.3, 0.4) is 0 Å². The van der Waals surface area contributed by atoms with Crippen LogP contribution >= 0.6 is 0 Å². The van der Waals surface area contributed by atoms with E-state index < -0.39 is 17.8 Å². The van der Waals surface area contributed by atoms with E-state index in [9.17, 15) is 18.8 Å². The van der Waals surface area contributed by atoms with E-state index in [-0.39, 0.29) is 29.1 Å². The van der Waals surface area contributed by atoms with Crippen molar-refractivity contribution >= 4 is 17.6 Å². The van der Waals surface area contributed by atoms with Crippen molar-refractivity contribution in [1.82, 2.24) is 10.2 Å². The zero-order chi connectivity index (χ0) is 21.7. The van der Waals surface area contributed by atoms with Crippen molar-refractivity contribution in [3.8, 4) is 0 Å². The van der Waals surface area contributed by atoms with Crippen LogP contribution in [0, 0.1) is 17.7 Å². The van der Waals surface area contributed by atoms with Crippen LogP contribution in [0.5, 0.6) is 0 Å². The van der Waals surface area contributed by atoms with Crippen molar-refractivity contribution in [2.24, 2.45) is 11.8 Å². The van der Waals surface area contributed by atoms with E-state index in [1.54, 1.807) is 11.0 Å². The molecule has 6 heteroatoms. The Morgan fingerprint density at radius 1 is 0.967 bits per heavy atom. The summed E-state index contributed by atoms with van der Waals surface area (Å²) >= 11 is 0. The van der Waals surface area contributed by atoms with E-state index >= 15 is 0 Å². The average Bonchev–Trinajstić information content (AvgIpc) is 2.77. The molecule has 2 amide bonds. The van der Waals surface area contributed by atoms with E-state index in [1.165, 1.54) is 18.2 Å². The number of halogens is 1. The summed E-state index contributed by atoms with van der Waals surface area (Å²) in [6.07, 6.45) is 1.18. The molecule has 1 atom stereocenters. The molecule has 1 heterocycles. The van der Waals surface area contributed by atoms with Crippen molar-refractivity contribution < 1.29 is 18.8 Å². The van der Waals surface area contributed by atoms with Crippen LogP contribution in [-0.4, -0.2) is 41.6 Å². The fraction of sp³-hybridized carbons (Fsp3) is 0.375. The Morgan fingerprint density at radius 2 is 1.57 bits per heavy atom. The van der Waals surface area contributed by atoms with Crippen LogP contribution in [0.25, 0.3) is 0 Å². The minimum Gasteiger partial charge on any atom is -0.341 e. The number of hydrogen-bond acceptors (Lipinski definition) is 3. The van der Waals surface area contributed by atoms with Crippen molar-refractivity contribution in [2.75, 3.05) is 13.1 Å². The van der Waals surface area contributed by atoms with Crippen LogP contribution in [0.2, 0.25) is 0 Å². The Bertz CT molecular complexity index is 906. The number of Topliss-reactive ketones (excluding diaryl/α,β-unsaturated/α-hetero) is 1. The summed E-state index contributed by atoms with van der Waals surface area (Å²) in [5, 5.41) is 2.69. The smallest absolute Gasteiger partial charge is 0.254 e. The number of benzene rings is 2. The molecule has 30 heavy (non-hydrogen) atoms. The lowest BCUT2D eigenvalue weighted by Gasteiger charge is -2.35. The minimum absolute atomic E-state index is 0.0804. The molecule has 0 saturated carbocycles. The van der Waals surface area contributed by atoms with Crippen LogP contribution < -0.4 is 5.32 Å². The first-order valence-electron chi connectivity index (χ1n) is 10.3. The number of amides is 2. The molecule has 3 rings (SSSR count). The van der Waals surface area contributed by atoms with Crippen LogP contribution in [0.1, 0.15) is 47.4 Å². The second-order valence-corrected chi connectivity index (χ2v) is 8.00. The van der Waals surface area contributed by atoms with Gasteiger partial charge in [-0.05, 0) is 30.9 Å². The fourth-order valence-electron chi connectivity index (χ4n) is 3.77. The molecule has 0 spiro atoms.